The summed E-state index contributed by atoms with van der Waals surface area (Å²) in [5.41, 5.74) is 2.02. The van der Waals surface area contributed by atoms with Crippen LogP contribution in [0.4, 0.5) is 4.39 Å². The predicted molar refractivity (Wildman–Crippen MR) is 106 cm³/mol. The highest BCUT2D eigenvalue weighted by Gasteiger charge is 2.20. The van der Waals surface area contributed by atoms with Gasteiger partial charge in [0.05, 0.1) is 24.4 Å². The highest BCUT2D eigenvalue weighted by molar-refractivity contribution is 6.33. The van der Waals surface area contributed by atoms with E-state index in [1.165, 1.54) is 12.1 Å². The zero-order valence-electron chi connectivity index (χ0n) is 15.5. The van der Waals surface area contributed by atoms with Crippen LogP contribution in [0.1, 0.15) is 28.0 Å². The first-order valence-electron chi connectivity index (χ1n) is 8.98. The molecule has 5 nitrogen and oxygen atoms in total. The molecule has 3 aromatic rings. The number of amides is 1. The van der Waals surface area contributed by atoms with Gasteiger partial charge in [-0.1, -0.05) is 41.9 Å². The minimum atomic E-state index is -0.306. The number of rotatable bonds is 8. The van der Waals surface area contributed by atoms with Gasteiger partial charge in [0.15, 0.2) is 0 Å². The van der Waals surface area contributed by atoms with Gasteiger partial charge in [-0.15, -0.1) is 0 Å². The smallest absolute Gasteiger partial charge is 0.256 e. The highest BCUT2D eigenvalue weighted by atomic mass is 35.5. The summed E-state index contributed by atoms with van der Waals surface area (Å²) in [6, 6.07) is 15.6. The number of ether oxygens (including phenoxy) is 1. The molecule has 0 aliphatic carbocycles. The van der Waals surface area contributed by atoms with Gasteiger partial charge in [-0.25, -0.2) is 9.07 Å². The molecular formula is C21H21ClFN3O2. The third kappa shape index (κ3) is 5.10. The Morgan fingerprint density at radius 1 is 1.18 bits per heavy atom. The van der Waals surface area contributed by atoms with Crippen molar-refractivity contribution in [3.05, 3.63) is 82.4 Å². The number of aromatic nitrogens is 2. The molecule has 0 saturated heterocycles. The molecule has 0 spiro atoms. The molecule has 0 atom stereocenters. The Morgan fingerprint density at radius 2 is 1.89 bits per heavy atom. The predicted octanol–water partition coefficient (Wildman–Crippen LogP) is 4.23. The van der Waals surface area contributed by atoms with Crippen LogP contribution in [0.25, 0.3) is 0 Å². The number of halogens is 2. The molecule has 0 saturated carbocycles. The molecule has 0 fully saturated rings. The number of aryl methyl sites for hydroxylation is 1. The van der Waals surface area contributed by atoms with E-state index in [4.69, 9.17) is 16.3 Å². The zero-order chi connectivity index (χ0) is 19.9. The normalized spacial score (nSPS) is 10.7. The van der Waals surface area contributed by atoms with Crippen LogP contribution in [0.15, 0.2) is 54.6 Å². The average molecular weight is 402 g/mol. The lowest BCUT2D eigenvalue weighted by Gasteiger charge is -2.08. The van der Waals surface area contributed by atoms with Crippen LogP contribution in [-0.4, -0.2) is 28.8 Å². The topological polar surface area (TPSA) is 56.2 Å². The van der Waals surface area contributed by atoms with Gasteiger partial charge in [-0.2, -0.15) is 5.10 Å². The summed E-state index contributed by atoms with van der Waals surface area (Å²) in [5, 5.41) is 7.54. The fourth-order valence-electron chi connectivity index (χ4n) is 2.76. The van der Waals surface area contributed by atoms with Gasteiger partial charge < -0.3 is 10.1 Å². The van der Waals surface area contributed by atoms with E-state index in [0.717, 1.165) is 5.56 Å². The molecule has 0 radical (unpaired) electrons. The molecule has 3 rings (SSSR count). The second-order valence-corrected chi connectivity index (χ2v) is 6.66. The molecule has 0 aliphatic heterocycles. The maximum atomic E-state index is 12.8. The molecular weight excluding hydrogens is 381 g/mol. The lowest BCUT2D eigenvalue weighted by atomic mass is 10.2. The minimum absolute atomic E-state index is 0.261. The van der Waals surface area contributed by atoms with E-state index in [0.29, 0.717) is 48.3 Å². The number of hydrogen-bond donors (Lipinski definition) is 1. The molecule has 146 valence electrons. The van der Waals surface area contributed by atoms with Crippen molar-refractivity contribution in [1.82, 2.24) is 15.1 Å². The van der Waals surface area contributed by atoms with Gasteiger partial charge in [-0.05, 0) is 43.2 Å². The van der Waals surface area contributed by atoms with Crippen molar-refractivity contribution in [2.45, 2.75) is 19.9 Å². The maximum Gasteiger partial charge on any atom is 0.256 e. The van der Waals surface area contributed by atoms with Crippen LogP contribution < -0.4 is 10.1 Å². The van der Waals surface area contributed by atoms with Crippen LogP contribution in [0.5, 0.6) is 5.75 Å². The largest absolute Gasteiger partial charge is 0.494 e. The molecule has 1 heterocycles. The SMILES string of the molecule is Cc1nn(Cc2ccccc2)c(Cl)c1C(=O)NCCCOc1ccc(F)cc1. The van der Waals surface area contributed by atoms with E-state index in [1.807, 2.05) is 30.3 Å². The van der Waals surface area contributed by atoms with Gasteiger partial charge in [-0.3, -0.25) is 4.79 Å². The van der Waals surface area contributed by atoms with Gasteiger partial charge in [0.2, 0.25) is 0 Å². The Morgan fingerprint density at radius 3 is 2.61 bits per heavy atom. The van der Waals surface area contributed by atoms with Crippen molar-refractivity contribution >= 4 is 17.5 Å². The van der Waals surface area contributed by atoms with E-state index in [2.05, 4.69) is 10.4 Å². The molecule has 0 bridgehead atoms. The van der Waals surface area contributed by atoms with Crippen LogP contribution >= 0.6 is 11.6 Å². The van der Waals surface area contributed by atoms with Crippen LogP contribution in [0.3, 0.4) is 0 Å². The monoisotopic (exact) mass is 401 g/mol. The number of hydrogen-bond acceptors (Lipinski definition) is 3. The quantitative estimate of drug-likeness (QED) is 0.574. The first kappa shape index (κ1) is 19.9. The lowest BCUT2D eigenvalue weighted by molar-refractivity contribution is 0.0951. The Bertz CT molecular complexity index is 927. The molecule has 7 heteroatoms. The minimum Gasteiger partial charge on any atom is -0.494 e. The van der Waals surface area contributed by atoms with E-state index in [9.17, 15) is 9.18 Å². The fourth-order valence-corrected chi connectivity index (χ4v) is 3.08. The van der Waals surface area contributed by atoms with Crippen molar-refractivity contribution in [1.29, 1.82) is 0 Å². The van der Waals surface area contributed by atoms with Crippen molar-refractivity contribution < 1.29 is 13.9 Å². The van der Waals surface area contributed by atoms with E-state index in [-0.39, 0.29) is 11.7 Å². The molecule has 1 N–H and O–H groups in total. The van der Waals surface area contributed by atoms with Gasteiger partial charge in [0, 0.05) is 6.54 Å². The molecule has 1 amide bonds. The first-order chi connectivity index (χ1) is 13.5. The van der Waals surface area contributed by atoms with E-state index < -0.39 is 0 Å². The molecule has 28 heavy (non-hydrogen) atoms. The summed E-state index contributed by atoms with van der Waals surface area (Å²) < 4.78 is 20.0. The number of nitrogens with zero attached hydrogens (tertiary/aromatic N) is 2. The average Bonchev–Trinajstić information content (AvgIpc) is 2.97. The number of carbonyl (C=O) groups is 1. The summed E-state index contributed by atoms with van der Waals surface area (Å²) in [6.07, 6.45) is 0.609. The van der Waals surface area contributed by atoms with Crippen molar-refractivity contribution in [3.63, 3.8) is 0 Å². The van der Waals surface area contributed by atoms with Crippen molar-refractivity contribution in [3.8, 4) is 5.75 Å². The highest BCUT2D eigenvalue weighted by Crippen LogP contribution is 2.21. The number of nitrogens with one attached hydrogen (secondary N) is 1. The lowest BCUT2D eigenvalue weighted by Crippen LogP contribution is -2.26. The summed E-state index contributed by atoms with van der Waals surface area (Å²) in [7, 11) is 0. The first-order valence-corrected chi connectivity index (χ1v) is 9.36. The van der Waals surface area contributed by atoms with Gasteiger partial charge >= 0.3 is 0 Å². The fraction of sp³-hybridized carbons (Fsp3) is 0.238. The van der Waals surface area contributed by atoms with Gasteiger partial charge in [0.25, 0.3) is 5.91 Å². The maximum absolute atomic E-state index is 12.8. The summed E-state index contributed by atoms with van der Waals surface area (Å²) >= 11 is 6.39. The molecule has 2 aromatic carbocycles. The Kier molecular flexibility index (Phi) is 6.66. The Hall–Kier alpha value is -2.86. The summed E-state index contributed by atoms with van der Waals surface area (Å²) in [5.74, 6) is 0.0251. The van der Waals surface area contributed by atoms with E-state index in [1.54, 1.807) is 23.7 Å². The van der Waals surface area contributed by atoms with Crippen LogP contribution in [0.2, 0.25) is 5.15 Å². The van der Waals surface area contributed by atoms with Gasteiger partial charge in [0.1, 0.15) is 16.7 Å². The third-order valence-electron chi connectivity index (χ3n) is 4.16. The number of carbonyl (C=O) groups excluding carboxylic acids is 1. The second-order valence-electron chi connectivity index (χ2n) is 6.31. The summed E-state index contributed by atoms with van der Waals surface area (Å²) in [6.45, 7) is 3.10. The van der Waals surface area contributed by atoms with Crippen molar-refractivity contribution in [2.24, 2.45) is 0 Å². The van der Waals surface area contributed by atoms with Crippen LogP contribution in [0, 0.1) is 12.7 Å². The number of benzene rings is 2. The molecule has 0 unspecified atom stereocenters. The molecule has 0 aliphatic rings. The van der Waals surface area contributed by atoms with Crippen LogP contribution in [-0.2, 0) is 6.54 Å². The standard InChI is InChI=1S/C21H21ClFN3O2/c1-15-19(20(22)26(25-15)14-16-6-3-2-4-7-16)21(27)24-12-5-13-28-18-10-8-17(23)9-11-18/h2-4,6-11H,5,12-14H2,1H3,(H,24,27). The third-order valence-corrected chi connectivity index (χ3v) is 4.54. The zero-order valence-corrected chi connectivity index (χ0v) is 16.2. The second kappa shape index (κ2) is 9.37. The Labute approximate surface area is 168 Å². The Balaban J connectivity index is 1.50. The molecule has 1 aromatic heterocycles. The summed E-state index contributed by atoms with van der Waals surface area (Å²) in [4.78, 5) is 12.5. The van der Waals surface area contributed by atoms with E-state index >= 15 is 0 Å². The van der Waals surface area contributed by atoms with Crippen molar-refractivity contribution in [2.75, 3.05) is 13.2 Å².